The predicted molar refractivity (Wildman–Crippen MR) is 120 cm³/mol. The number of hydrogen-bond acceptors (Lipinski definition) is 5. The molecule has 1 aliphatic heterocycles. The zero-order chi connectivity index (χ0) is 21.2. The molecule has 5 rings (SSSR count). The Morgan fingerprint density at radius 1 is 1.00 bits per heavy atom. The number of carbonyl (C=O) groups is 1. The first-order chi connectivity index (χ1) is 15.2. The summed E-state index contributed by atoms with van der Waals surface area (Å²) >= 11 is 1.56. The maximum absolute atomic E-state index is 13.1. The van der Waals surface area contributed by atoms with Crippen LogP contribution in [0.15, 0.2) is 65.1 Å². The number of para-hydroxylation sites is 1. The van der Waals surface area contributed by atoms with E-state index in [0.717, 1.165) is 46.8 Å². The Labute approximate surface area is 183 Å². The lowest BCUT2D eigenvalue weighted by molar-refractivity contribution is 0.0730. The molecule has 2 aromatic carbocycles. The van der Waals surface area contributed by atoms with E-state index in [9.17, 15) is 9.18 Å². The maximum atomic E-state index is 13.1. The van der Waals surface area contributed by atoms with E-state index in [4.69, 9.17) is 4.42 Å². The van der Waals surface area contributed by atoms with Crippen LogP contribution in [-0.4, -0.2) is 46.9 Å². The van der Waals surface area contributed by atoms with Gasteiger partial charge in [0.2, 0.25) is 0 Å². The van der Waals surface area contributed by atoms with Gasteiger partial charge in [0.05, 0.1) is 10.2 Å². The molecule has 1 fully saturated rings. The molecule has 31 heavy (non-hydrogen) atoms. The molecule has 5 nitrogen and oxygen atoms in total. The van der Waals surface area contributed by atoms with E-state index in [0.29, 0.717) is 24.6 Å². The average Bonchev–Trinajstić information content (AvgIpc) is 3.38. The van der Waals surface area contributed by atoms with Crippen LogP contribution in [0, 0.1) is 5.82 Å². The fourth-order valence-electron chi connectivity index (χ4n) is 3.88. The highest BCUT2D eigenvalue weighted by Crippen LogP contribution is 2.31. The monoisotopic (exact) mass is 435 g/mol. The molecule has 4 aromatic rings. The van der Waals surface area contributed by atoms with Crippen molar-refractivity contribution in [3.8, 4) is 10.8 Å². The summed E-state index contributed by atoms with van der Waals surface area (Å²) in [7, 11) is 0. The number of amides is 1. The van der Waals surface area contributed by atoms with Crippen LogP contribution in [0.4, 0.5) is 4.39 Å². The second-order valence-corrected chi connectivity index (χ2v) is 8.73. The molecule has 0 bridgehead atoms. The second-order valence-electron chi connectivity index (χ2n) is 7.70. The van der Waals surface area contributed by atoms with Crippen LogP contribution < -0.4 is 0 Å². The van der Waals surface area contributed by atoms with Gasteiger partial charge in [-0.05, 0) is 48.4 Å². The molecule has 1 amide bonds. The molecule has 7 heteroatoms. The van der Waals surface area contributed by atoms with E-state index in [1.807, 2.05) is 47.4 Å². The SMILES string of the molecule is O=C(c1ccc(-c2nc3ccccc3s2)o1)N1CCCN(Cc2ccc(F)cc2)CC1. The Balaban J connectivity index is 1.24. The van der Waals surface area contributed by atoms with Crippen molar-refractivity contribution in [2.24, 2.45) is 0 Å². The molecule has 0 atom stereocenters. The van der Waals surface area contributed by atoms with Gasteiger partial charge in [-0.25, -0.2) is 9.37 Å². The second kappa shape index (κ2) is 8.61. The van der Waals surface area contributed by atoms with Gasteiger partial charge in [0, 0.05) is 32.7 Å². The molecule has 3 heterocycles. The number of benzene rings is 2. The summed E-state index contributed by atoms with van der Waals surface area (Å²) in [5.74, 6) is 0.662. The quantitative estimate of drug-likeness (QED) is 0.450. The van der Waals surface area contributed by atoms with Crippen molar-refractivity contribution in [3.63, 3.8) is 0 Å². The van der Waals surface area contributed by atoms with Crippen LogP contribution >= 0.6 is 11.3 Å². The minimum Gasteiger partial charge on any atom is -0.448 e. The van der Waals surface area contributed by atoms with Gasteiger partial charge in [-0.3, -0.25) is 9.69 Å². The van der Waals surface area contributed by atoms with Gasteiger partial charge >= 0.3 is 0 Å². The third kappa shape index (κ3) is 4.38. The third-order valence-corrected chi connectivity index (χ3v) is 6.57. The predicted octanol–water partition coefficient (Wildman–Crippen LogP) is 5.04. The van der Waals surface area contributed by atoms with Gasteiger partial charge in [-0.1, -0.05) is 24.3 Å². The van der Waals surface area contributed by atoms with Crippen molar-refractivity contribution in [1.82, 2.24) is 14.8 Å². The summed E-state index contributed by atoms with van der Waals surface area (Å²) in [6, 6.07) is 18.1. The number of carbonyl (C=O) groups excluding carboxylic acids is 1. The number of aromatic nitrogens is 1. The number of nitrogens with zero attached hydrogens (tertiary/aromatic N) is 3. The zero-order valence-electron chi connectivity index (χ0n) is 17.0. The van der Waals surface area contributed by atoms with Gasteiger partial charge in [-0.15, -0.1) is 11.3 Å². The fourth-order valence-corrected chi connectivity index (χ4v) is 4.81. The Morgan fingerprint density at radius 2 is 1.84 bits per heavy atom. The molecule has 1 saturated heterocycles. The van der Waals surface area contributed by atoms with Crippen molar-refractivity contribution >= 4 is 27.5 Å². The third-order valence-electron chi connectivity index (χ3n) is 5.52. The molecule has 0 spiro atoms. The first kappa shape index (κ1) is 19.9. The summed E-state index contributed by atoms with van der Waals surface area (Å²) in [4.78, 5) is 21.8. The van der Waals surface area contributed by atoms with Crippen molar-refractivity contribution in [3.05, 3.63) is 77.8 Å². The van der Waals surface area contributed by atoms with Crippen molar-refractivity contribution in [2.45, 2.75) is 13.0 Å². The number of hydrogen-bond donors (Lipinski definition) is 0. The lowest BCUT2D eigenvalue weighted by Crippen LogP contribution is -2.34. The van der Waals surface area contributed by atoms with Crippen LogP contribution in [-0.2, 0) is 6.54 Å². The van der Waals surface area contributed by atoms with Crippen LogP contribution in [0.25, 0.3) is 21.0 Å². The molecule has 1 aliphatic rings. The fraction of sp³-hybridized carbons (Fsp3) is 0.250. The molecule has 2 aromatic heterocycles. The topological polar surface area (TPSA) is 49.6 Å². The Morgan fingerprint density at radius 3 is 2.68 bits per heavy atom. The lowest BCUT2D eigenvalue weighted by Gasteiger charge is -2.21. The van der Waals surface area contributed by atoms with Crippen LogP contribution in [0.3, 0.4) is 0 Å². The van der Waals surface area contributed by atoms with E-state index in [1.165, 1.54) is 12.1 Å². The highest BCUT2D eigenvalue weighted by atomic mass is 32.1. The van der Waals surface area contributed by atoms with Gasteiger partial charge < -0.3 is 9.32 Å². The molecule has 0 N–H and O–H groups in total. The number of halogens is 1. The van der Waals surface area contributed by atoms with Crippen LogP contribution in [0.5, 0.6) is 0 Å². The Hall–Kier alpha value is -3.03. The van der Waals surface area contributed by atoms with E-state index < -0.39 is 0 Å². The highest BCUT2D eigenvalue weighted by molar-refractivity contribution is 7.21. The largest absolute Gasteiger partial charge is 0.448 e. The van der Waals surface area contributed by atoms with Gasteiger partial charge in [-0.2, -0.15) is 0 Å². The normalized spacial score (nSPS) is 15.3. The maximum Gasteiger partial charge on any atom is 0.289 e. The standard InChI is InChI=1S/C24H22FN3O2S/c25-18-8-6-17(7-9-18)16-27-12-3-13-28(15-14-27)24(29)21-11-10-20(30-21)23-26-19-4-1-2-5-22(19)31-23/h1-2,4-11H,3,12-16H2. The van der Waals surface area contributed by atoms with Crippen molar-refractivity contribution in [2.75, 3.05) is 26.2 Å². The summed E-state index contributed by atoms with van der Waals surface area (Å²) in [5.41, 5.74) is 2.01. The lowest BCUT2D eigenvalue weighted by atomic mass is 10.2. The van der Waals surface area contributed by atoms with Gasteiger partial charge in [0.15, 0.2) is 16.5 Å². The van der Waals surface area contributed by atoms with E-state index in [2.05, 4.69) is 9.88 Å². The number of furan rings is 1. The number of rotatable bonds is 4. The minimum absolute atomic E-state index is 0.0870. The molecule has 0 radical (unpaired) electrons. The summed E-state index contributed by atoms with van der Waals surface area (Å²) in [6.45, 7) is 3.75. The van der Waals surface area contributed by atoms with E-state index >= 15 is 0 Å². The Kier molecular flexibility index (Phi) is 5.53. The van der Waals surface area contributed by atoms with Crippen molar-refractivity contribution in [1.29, 1.82) is 0 Å². The smallest absolute Gasteiger partial charge is 0.289 e. The number of thiazole rings is 1. The Bertz CT molecular complexity index is 1170. The first-order valence-corrected chi connectivity index (χ1v) is 11.2. The molecule has 158 valence electrons. The minimum atomic E-state index is -0.222. The van der Waals surface area contributed by atoms with E-state index in [1.54, 1.807) is 17.4 Å². The number of fused-ring (bicyclic) bond motifs is 1. The van der Waals surface area contributed by atoms with Gasteiger partial charge in [0.25, 0.3) is 5.91 Å². The summed E-state index contributed by atoms with van der Waals surface area (Å²) in [6.07, 6.45) is 0.887. The summed E-state index contributed by atoms with van der Waals surface area (Å²) in [5, 5.41) is 0.779. The van der Waals surface area contributed by atoms with Crippen LogP contribution in [0.1, 0.15) is 22.5 Å². The summed E-state index contributed by atoms with van der Waals surface area (Å²) < 4.78 is 20.1. The molecule has 0 saturated carbocycles. The average molecular weight is 436 g/mol. The van der Waals surface area contributed by atoms with Crippen LogP contribution in [0.2, 0.25) is 0 Å². The van der Waals surface area contributed by atoms with Gasteiger partial charge in [0.1, 0.15) is 5.82 Å². The van der Waals surface area contributed by atoms with E-state index in [-0.39, 0.29) is 11.7 Å². The first-order valence-electron chi connectivity index (χ1n) is 10.4. The van der Waals surface area contributed by atoms with Crippen molar-refractivity contribution < 1.29 is 13.6 Å². The zero-order valence-corrected chi connectivity index (χ0v) is 17.8. The molecular formula is C24H22FN3O2S. The molecule has 0 unspecified atom stereocenters. The molecule has 0 aliphatic carbocycles. The molecular weight excluding hydrogens is 413 g/mol. The highest BCUT2D eigenvalue weighted by Gasteiger charge is 2.23.